The summed E-state index contributed by atoms with van der Waals surface area (Å²) < 4.78 is 27.7. The highest BCUT2D eigenvalue weighted by atomic mass is 32.1. The smallest absolute Gasteiger partial charge is 0.129 e. The van der Waals surface area contributed by atoms with E-state index in [1.165, 1.54) is 12.1 Å². The van der Waals surface area contributed by atoms with Crippen LogP contribution in [0.25, 0.3) is 10.2 Å². The molecule has 0 amide bonds. The maximum atomic E-state index is 13.7. The highest BCUT2D eigenvalue weighted by molar-refractivity contribution is 7.17. The van der Waals surface area contributed by atoms with Crippen molar-refractivity contribution >= 4 is 21.6 Å². The van der Waals surface area contributed by atoms with Crippen molar-refractivity contribution in [3.05, 3.63) is 64.7 Å². The molecule has 0 aliphatic heterocycles. The number of pyridine rings is 1. The van der Waals surface area contributed by atoms with Crippen LogP contribution in [-0.4, -0.2) is 4.98 Å². The minimum absolute atomic E-state index is 0.288. The minimum Gasteiger partial charge on any atom is -0.271 e. The van der Waals surface area contributed by atoms with Crippen LogP contribution in [0, 0.1) is 11.6 Å². The SMILES string of the molecule is NNC(Cc1ccc(F)cc1F)c1cnc2ccsc2c1. The molecule has 2 aromatic heterocycles. The van der Waals surface area contributed by atoms with Crippen LogP contribution in [0.2, 0.25) is 0 Å². The standard InChI is InChI=1S/C15H13F2N3S/c16-11-2-1-9(12(17)7-11)5-14(20-18)10-6-15-13(19-8-10)3-4-21-15/h1-4,6-8,14,20H,5,18H2. The first kappa shape index (κ1) is 14.1. The predicted octanol–water partition coefficient (Wildman–Crippen LogP) is 3.32. The molecule has 1 aromatic carbocycles. The van der Waals surface area contributed by atoms with Crippen molar-refractivity contribution in [2.24, 2.45) is 5.84 Å². The highest BCUT2D eigenvalue weighted by Gasteiger charge is 2.15. The maximum absolute atomic E-state index is 13.7. The number of thiophene rings is 1. The first-order chi connectivity index (χ1) is 10.2. The van der Waals surface area contributed by atoms with Crippen LogP contribution in [0.5, 0.6) is 0 Å². The summed E-state index contributed by atoms with van der Waals surface area (Å²) in [7, 11) is 0. The topological polar surface area (TPSA) is 50.9 Å². The van der Waals surface area contributed by atoms with E-state index in [9.17, 15) is 8.78 Å². The van der Waals surface area contributed by atoms with E-state index in [0.29, 0.717) is 12.0 Å². The van der Waals surface area contributed by atoms with Gasteiger partial charge in [-0.1, -0.05) is 6.07 Å². The third kappa shape index (κ3) is 2.92. The molecule has 0 fully saturated rings. The second kappa shape index (κ2) is 5.85. The Labute approximate surface area is 124 Å². The van der Waals surface area contributed by atoms with Gasteiger partial charge in [0.05, 0.1) is 16.3 Å². The van der Waals surface area contributed by atoms with Crippen LogP contribution in [0.1, 0.15) is 17.2 Å². The van der Waals surface area contributed by atoms with E-state index < -0.39 is 11.6 Å². The lowest BCUT2D eigenvalue weighted by molar-refractivity contribution is 0.521. The van der Waals surface area contributed by atoms with Gasteiger partial charge < -0.3 is 0 Å². The Morgan fingerprint density at radius 2 is 2.10 bits per heavy atom. The van der Waals surface area contributed by atoms with Gasteiger partial charge in [-0.25, -0.2) is 8.78 Å². The lowest BCUT2D eigenvalue weighted by Crippen LogP contribution is -2.29. The van der Waals surface area contributed by atoms with Crippen molar-refractivity contribution in [2.75, 3.05) is 0 Å². The molecule has 0 aliphatic carbocycles. The fraction of sp³-hybridized carbons (Fsp3) is 0.133. The first-order valence-electron chi connectivity index (χ1n) is 6.40. The van der Waals surface area contributed by atoms with Crippen molar-refractivity contribution in [1.82, 2.24) is 10.4 Å². The summed E-state index contributed by atoms with van der Waals surface area (Å²) in [5.41, 5.74) is 4.87. The summed E-state index contributed by atoms with van der Waals surface area (Å²) in [4.78, 5) is 4.35. The van der Waals surface area contributed by atoms with E-state index in [-0.39, 0.29) is 6.04 Å². The number of hydrogen-bond donors (Lipinski definition) is 2. The molecule has 6 heteroatoms. The maximum Gasteiger partial charge on any atom is 0.129 e. The monoisotopic (exact) mass is 305 g/mol. The van der Waals surface area contributed by atoms with Gasteiger partial charge >= 0.3 is 0 Å². The molecule has 3 aromatic rings. The fourth-order valence-corrected chi connectivity index (χ4v) is 3.02. The first-order valence-corrected chi connectivity index (χ1v) is 7.28. The summed E-state index contributed by atoms with van der Waals surface area (Å²) in [6, 6.07) is 7.19. The molecule has 1 unspecified atom stereocenters. The van der Waals surface area contributed by atoms with E-state index in [2.05, 4.69) is 10.4 Å². The lowest BCUT2D eigenvalue weighted by atomic mass is 10.00. The van der Waals surface area contributed by atoms with Gasteiger partial charge in [0.1, 0.15) is 11.6 Å². The molecule has 0 saturated heterocycles. The number of hydrazine groups is 1. The van der Waals surface area contributed by atoms with Gasteiger partial charge in [-0.3, -0.25) is 16.3 Å². The molecule has 0 saturated carbocycles. The lowest BCUT2D eigenvalue weighted by Gasteiger charge is -2.16. The van der Waals surface area contributed by atoms with E-state index >= 15 is 0 Å². The van der Waals surface area contributed by atoms with Gasteiger partial charge in [-0.2, -0.15) is 0 Å². The van der Waals surface area contributed by atoms with Gasteiger partial charge in [-0.05, 0) is 41.1 Å². The highest BCUT2D eigenvalue weighted by Crippen LogP contribution is 2.25. The van der Waals surface area contributed by atoms with Crippen molar-refractivity contribution in [2.45, 2.75) is 12.5 Å². The zero-order valence-electron chi connectivity index (χ0n) is 11.0. The Morgan fingerprint density at radius 1 is 1.24 bits per heavy atom. The van der Waals surface area contributed by atoms with E-state index in [1.807, 2.05) is 17.5 Å². The summed E-state index contributed by atoms with van der Waals surface area (Å²) in [6.07, 6.45) is 2.04. The van der Waals surface area contributed by atoms with Gasteiger partial charge in [-0.15, -0.1) is 11.3 Å². The second-order valence-corrected chi connectivity index (χ2v) is 5.68. The number of hydrogen-bond acceptors (Lipinski definition) is 4. The van der Waals surface area contributed by atoms with Crippen LogP contribution < -0.4 is 11.3 Å². The number of nitrogens with zero attached hydrogens (tertiary/aromatic N) is 1. The van der Waals surface area contributed by atoms with Crippen LogP contribution >= 0.6 is 11.3 Å². The summed E-state index contributed by atoms with van der Waals surface area (Å²) in [6.45, 7) is 0. The largest absolute Gasteiger partial charge is 0.271 e. The zero-order valence-corrected chi connectivity index (χ0v) is 11.8. The Hall–Kier alpha value is -1.89. The van der Waals surface area contributed by atoms with Crippen LogP contribution in [0.3, 0.4) is 0 Å². The van der Waals surface area contributed by atoms with Crippen LogP contribution in [0.4, 0.5) is 8.78 Å². The van der Waals surface area contributed by atoms with E-state index in [4.69, 9.17) is 5.84 Å². The van der Waals surface area contributed by atoms with Crippen molar-refractivity contribution in [3.63, 3.8) is 0 Å². The second-order valence-electron chi connectivity index (χ2n) is 4.73. The molecule has 2 heterocycles. The van der Waals surface area contributed by atoms with Crippen molar-refractivity contribution < 1.29 is 8.78 Å². The average molecular weight is 305 g/mol. The molecule has 0 aliphatic rings. The molecule has 1 atom stereocenters. The molecule has 0 bridgehead atoms. The Kier molecular flexibility index (Phi) is 3.92. The fourth-order valence-electron chi connectivity index (χ4n) is 2.23. The van der Waals surface area contributed by atoms with Crippen molar-refractivity contribution in [1.29, 1.82) is 0 Å². The predicted molar refractivity (Wildman–Crippen MR) is 79.7 cm³/mol. The third-order valence-corrected chi connectivity index (χ3v) is 4.22. The summed E-state index contributed by atoms with van der Waals surface area (Å²) in [5, 5.41) is 1.96. The number of fused-ring (bicyclic) bond motifs is 1. The van der Waals surface area contributed by atoms with Gasteiger partial charge in [0.25, 0.3) is 0 Å². The molecule has 3 N–H and O–H groups in total. The molecule has 3 nitrogen and oxygen atoms in total. The number of halogens is 2. The number of nitrogens with two attached hydrogens (primary N) is 1. The number of benzene rings is 1. The summed E-state index contributed by atoms with van der Waals surface area (Å²) in [5.74, 6) is 4.42. The van der Waals surface area contributed by atoms with Gasteiger partial charge in [0, 0.05) is 12.3 Å². The number of aromatic nitrogens is 1. The van der Waals surface area contributed by atoms with E-state index in [1.54, 1.807) is 17.5 Å². The third-order valence-electron chi connectivity index (χ3n) is 3.37. The normalized spacial score (nSPS) is 12.7. The van der Waals surface area contributed by atoms with Crippen molar-refractivity contribution in [3.8, 4) is 0 Å². The molecular formula is C15H13F2N3S. The number of nitrogens with one attached hydrogen (secondary N) is 1. The molecule has 21 heavy (non-hydrogen) atoms. The van der Waals surface area contributed by atoms with E-state index in [0.717, 1.165) is 21.8 Å². The average Bonchev–Trinajstić information content (AvgIpc) is 2.94. The molecular weight excluding hydrogens is 292 g/mol. The molecule has 108 valence electrons. The molecule has 3 rings (SSSR count). The summed E-state index contributed by atoms with van der Waals surface area (Å²) >= 11 is 1.59. The minimum atomic E-state index is -0.588. The Balaban J connectivity index is 1.90. The molecule has 0 radical (unpaired) electrons. The Morgan fingerprint density at radius 3 is 2.86 bits per heavy atom. The zero-order chi connectivity index (χ0) is 14.8. The van der Waals surface area contributed by atoms with Crippen LogP contribution in [-0.2, 0) is 6.42 Å². The van der Waals surface area contributed by atoms with Gasteiger partial charge in [0.2, 0.25) is 0 Å². The quantitative estimate of drug-likeness (QED) is 0.574. The van der Waals surface area contributed by atoms with Gasteiger partial charge in [0.15, 0.2) is 0 Å². The van der Waals surface area contributed by atoms with Crippen LogP contribution in [0.15, 0.2) is 41.9 Å². The molecule has 0 spiro atoms. The number of rotatable bonds is 4. The Bertz CT molecular complexity index is 772.